The largest absolute Gasteiger partial charge is 0.454 e. The van der Waals surface area contributed by atoms with Gasteiger partial charge in [-0.25, -0.2) is 0 Å². The van der Waals surface area contributed by atoms with Crippen LogP contribution >= 0.6 is 0 Å². The molecule has 2 heteroatoms. The fourth-order valence-corrected chi connectivity index (χ4v) is 9.11. The summed E-state index contributed by atoms with van der Waals surface area (Å²) in [7, 11) is 0. The van der Waals surface area contributed by atoms with Crippen molar-refractivity contribution in [2.75, 3.05) is 4.90 Å². The smallest absolute Gasteiger partial charge is 0.159 e. The van der Waals surface area contributed by atoms with E-state index in [9.17, 15) is 0 Å². The second kappa shape index (κ2) is 9.74. The molecule has 236 valence electrons. The third-order valence-corrected chi connectivity index (χ3v) is 11.6. The molecule has 0 aliphatic heterocycles. The molecule has 0 atom stereocenters. The van der Waals surface area contributed by atoms with Crippen molar-refractivity contribution >= 4 is 49.8 Å². The third kappa shape index (κ3) is 3.77. The monoisotopic (exact) mass is 631 g/mol. The van der Waals surface area contributed by atoms with Crippen LogP contribution in [0.2, 0.25) is 0 Å². The van der Waals surface area contributed by atoms with Gasteiger partial charge >= 0.3 is 0 Å². The van der Waals surface area contributed by atoms with Crippen LogP contribution in [0.5, 0.6) is 0 Å². The van der Waals surface area contributed by atoms with Crippen LogP contribution in [0.15, 0.2) is 138 Å². The van der Waals surface area contributed by atoms with Crippen LogP contribution in [0.4, 0.5) is 17.1 Å². The van der Waals surface area contributed by atoms with E-state index in [1.165, 1.54) is 60.8 Å². The lowest BCUT2D eigenvalue weighted by Gasteiger charge is -2.28. The van der Waals surface area contributed by atoms with Crippen molar-refractivity contribution in [2.45, 2.75) is 45.4 Å². The molecule has 1 aromatic heterocycles. The molecule has 10 rings (SSSR count). The Labute approximate surface area is 287 Å². The van der Waals surface area contributed by atoms with Gasteiger partial charge in [0.1, 0.15) is 5.58 Å². The molecule has 0 unspecified atom stereocenters. The van der Waals surface area contributed by atoms with Crippen LogP contribution in [-0.2, 0) is 10.8 Å². The van der Waals surface area contributed by atoms with E-state index in [4.69, 9.17) is 4.42 Å². The van der Waals surface area contributed by atoms with Gasteiger partial charge in [0.2, 0.25) is 0 Å². The zero-order valence-corrected chi connectivity index (χ0v) is 28.6. The van der Waals surface area contributed by atoms with Gasteiger partial charge in [0, 0.05) is 33.0 Å². The number of rotatable bonds is 3. The normalized spacial score (nSPS) is 15.0. The lowest BCUT2D eigenvalue weighted by molar-refractivity contribution is 0.654. The number of anilines is 3. The van der Waals surface area contributed by atoms with Crippen LogP contribution < -0.4 is 4.90 Å². The molecule has 2 aliphatic rings. The summed E-state index contributed by atoms with van der Waals surface area (Å²) in [6, 6.07) is 49.1. The molecular formula is C47H37NO. The number of hydrogen-bond acceptors (Lipinski definition) is 2. The second-order valence-corrected chi connectivity index (χ2v) is 15.0. The molecule has 1 heterocycles. The van der Waals surface area contributed by atoms with E-state index in [-0.39, 0.29) is 10.8 Å². The van der Waals surface area contributed by atoms with Gasteiger partial charge in [-0.15, -0.1) is 0 Å². The van der Waals surface area contributed by atoms with Crippen LogP contribution in [-0.4, -0.2) is 0 Å². The first kappa shape index (κ1) is 28.4. The maximum atomic E-state index is 6.59. The van der Waals surface area contributed by atoms with Crippen molar-refractivity contribution in [3.63, 3.8) is 0 Å². The fourth-order valence-electron chi connectivity index (χ4n) is 9.11. The summed E-state index contributed by atoms with van der Waals surface area (Å²) >= 11 is 0. The Bertz CT molecular complexity index is 2690. The Kier molecular flexibility index (Phi) is 5.65. The number of hydrogen-bond donors (Lipinski definition) is 0. The maximum Gasteiger partial charge on any atom is 0.159 e. The SMILES string of the molecule is Cc1ccccc1N(c1ccc2c3c(ccc2c1)-c1cc2c(cc1C3(C)C)-c1ccccc1C2(C)C)c1cccc2c1oc1ccccc12. The highest BCUT2D eigenvalue weighted by atomic mass is 16.3. The number of fused-ring (bicyclic) bond motifs is 11. The van der Waals surface area contributed by atoms with E-state index >= 15 is 0 Å². The highest BCUT2D eigenvalue weighted by molar-refractivity contribution is 6.11. The standard InChI is InChI=1S/C47H37NO/c1-28-13-6-10-18-41(28)48(42-19-12-16-35-33-15-8-11-20-43(33)49-45(35)42)30-22-24-31-29(25-30)21-23-34-37-27-39-36(26-40(37)47(4,5)44(31)34)32-14-7-9-17-38(32)46(39,2)3/h6-27H,1-5H3. The topological polar surface area (TPSA) is 16.4 Å². The lowest BCUT2D eigenvalue weighted by Crippen LogP contribution is -2.17. The molecule has 7 aromatic carbocycles. The van der Waals surface area contributed by atoms with Gasteiger partial charge < -0.3 is 9.32 Å². The van der Waals surface area contributed by atoms with Gasteiger partial charge in [0.15, 0.2) is 5.58 Å². The molecule has 0 saturated carbocycles. The first-order valence-electron chi connectivity index (χ1n) is 17.4. The summed E-state index contributed by atoms with van der Waals surface area (Å²) in [5.74, 6) is 0. The van der Waals surface area contributed by atoms with Gasteiger partial charge in [-0.05, 0) is 110 Å². The van der Waals surface area contributed by atoms with Gasteiger partial charge in [0.05, 0.1) is 5.69 Å². The van der Waals surface area contributed by atoms with Crippen molar-refractivity contribution in [3.05, 3.63) is 161 Å². The first-order chi connectivity index (χ1) is 23.7. The molecule has 0 fully saturated rings. The highest BCUT2D eigenvalue weighted by Gasteiger charge is 2.42. The summed E-state index contributed by atoms with van der Waals surface area (Å²) in [4.78, 5) is 2.37. The minimum atomic E-state index is -0.141. The molecule has 0 bridgehead atoms. The van der Waals surface area contributed by atoms with Crippen molar-refractivity contribution in [1.82, 2.24) is 0 Å². The van der Waals surface area contributed by atoms with Crippen molar-refractivity contribution < 1.29 is 4.42 Å². The summed E-state index contributed by atoms with van der Waals surface area (Å²) in [6.07, 6.45) is 0. The number of para-hydroxylation sites is 3. The predicted octanol–water partition coefficient (Wildman–Crippen LogP) is 13.1. The van der Waals surface area contributed by atoms with E-state index in [1.54, 1.807) is 0 Å². The molecule has 0 amide bonds. The molecule has 0 N–H and O–H groups in total. The van der Waals surface area contributed by atoms with Crippen LogP contribution in [0, 0.1) is 6.92 Å². The molecular weight excluding hydrogens is 595 g/mol. The van der Waals surface area contributed by atoms with E-state index in [0.717, 1.165) is 39.0 Å². The molecule has 0 saturated heterocycles. The Balaban J connectivity index is 1.17. The molecule has 0 radical (unpaired) electrons. The van der Waals surface area contributed by atoms with Crippen LogP contribution in [0.3, 0.4) is 0 Å². The first-order valence-corrected chi connectivity index (χ1v) is 17.4. The number of nitrogens with zero attached hydrogens (tertiary/aromatic N) is 1. The Morgan fingerprint density at radius 2 is 1.18 bits per heavy atom. The summed E-state index contributed by atoms with van der Waals surface area (Å²) < 4.78 is 6.59. The zero-order valence-electron chi connectivity index (χ0n) is 28.6. The van der Waals surface area contributed by atoms with Crippen LogP contribution in [0.1, 0.15) is 55.5 Å². The van der Waals surface area contributed by atoms with Crippen molar-refractivity contribution in [3.8, 4) is 22.3 Å². The summed E-state index contributed by atoms with van der Waals surface area (Å²) in [5, 5.41) is 4.82. The number of benzene rings is 7. The predicted molar refractivity (Wildman–Crippen MR) is 206 cm³/mol. The van der Waals surface area contributed by atoms with Crippen molar-refractivity contribution in [2.24, 2.45) is 0 Å². The number of furan rings is 1. The van der Waals surface area contributed by atoms with Crippen molar-refractivity contribution in [1.29, 1.82) is 0 Å². The fraction of sp³-hybridized carbons (Fsp3) is 0.149. The lowest BCUT2D eigenvalue weighted by atomic mass is 9.78. The van der Waals surface area contributed by atoms with E-state index in [1.807, 2.05) is 6.07 Å². The van der Waals surface area contributed by atoms with Gasteiger partial charge in [-0.3, -0.25) is 0 Å². The minimum absolute atomic E-state index is 0.0265. The van der Waals surface area contributed by atoms with Crippen LogP contribution in [0.25, 0.3) is 55.0 Å². The number of aryl methyl sites for hydroxylation is 1. The molecule has 2 aliphatic carbocycles. The second-order valence-electron chi connectivity index (χ2n) is 15.0. The molecule has 8 aromatic rings. The Hall–Kier alpha value is -5.60. The average molecular weight is 632 g/mol. The third-order valence-electron chi connectivity index (χ3n) is 11.6. The highest BCUT2D eigenvalue weighted by Crippen LogP contribution is 2.57. The van der Waals surface area contributed by atoms with E-state index in [2.05, 4.69) is 167 Å². The van der Waals surface area contributed by atoms with Gasteiger partial charge in [0.25, 0.3) is 0 Å². The minimum Gasteiger partial charge on any atom is -0.454 e. The average Bonchev–Trinajstić information content (AvgIpc) is 3.69. The zero-order chi connectivity index (χ0) is 33.2. The maximum absolute atomic E-state index is 6.59. The Morgan fingerprint density at radius 3 is 2.04 bits per heavy atom. The molecule has 0 spiro atoms. The summed E-state index contributed by atoms with van der Waals surface area (Å²) in [5.41, 5.74) is 17.3. The molecule has 2 nitrogen and oxygen atoms in total. The van der Waals surface area contributed by atoms with E-state index < -0.39 is 0 Å². The quantitative estimate of drug-likeness (QED) is 0.193. The van der Waals surface area contributed by atoms with Gasteiger partial charge in [-0.1, -0.05) is 119 Å². The van der Waals surface area contributed by atoms with Gasteiger partial charge in [-0.2, -0.15) is 0 Å². The molecule has 49 heavy (non-hydrogen) atoms. The van der Waals surface area contributed by atoms with E-state index in [0.29, 0.717) is 0 Å². The summed E-state index contributed by atoms with van der Waals surface area (Å²) in [6.45, 7) is 11.8. The Morgan fingerprint density at radius 1 is 0.490 bits per heavy atom.